The Morgan fingerprint density at radius 1 is 0.889 bits per heavy atom. The molecule has 4 aromatic carbocycles. The Labute approximate surface area is 264 Å². The number of amides is 3. The fraction of sp³-hybridized carbons (Fsp3) is 0.324. The maximum Gasteiger partial charge on any atom is 0.408 e. The molecule has 234 valence electrons. The molecule has 8 nitrogen and oxygen atoms in total. The lowest BCUT2D eigenvalue weighted by Gasteiger charge is -2.35. The van der Waals surface area contributed by atoms with Crippen LogP contribution in [0.2, 0.25) is 0 Å². The van der Waals surface area contributed by atoms with Crippen molar-refractivity contribution in [1.29, 1.82) is 0 Å². The second kappa shape index (κ2) is 13.4. The van der Waals surface area contributed by atoms with Gasteiger partial charge in [-0.3, -0.25) is 9.59 Å². The van der Waals surface area contributed by atoms with Crippen molar-refractivity contribution in [2.75, 3.05) is 5.32 Å². The van der Waals surface area contributed by atoms with Crippen molar-refractivity contribution in [2.24, 2.45) is 0 Å². The number of alkyl carbamates (subject to hydrolysis) is 1. The van der Waals surface area contributed by atoms with Gasteiger partial charge in [0.05, 0.1) is 0 Å². The molecule has 0 aromatic heterocycles. The third-order valence-electron chi connectivity index (χ3n) is 7.81. The minimum Gasteiger partial charge on any atom is -0.508 e. The van der Waals surface area contributed by atoms with Gasteiger partial charge in [0.15, 0.2) is 0 Å². The van der Waals surface area contributed by atoms with Crippen LogP contribution in [0.25, 0.3) is 10.8 Å². The molecular formula is C37H41N3O5. The molecule has 45 heavy (non-hydrogen) atoms. The number of fused-ring (bicyclic) bond motifs is 1. The number of hydrogen-bond donors (Lipinski definition) is 3. The first kappa shape index (κ1) is 31.6. The van der Waals surface area contributed by atoms with Crippen LogP contribution in [0, 0.1) is 0 Å². The van der Waals surface area contributed by atoms with Crippen molar-refractivity contribution >= 4 is 34.4 Å². The highest BCUT2D eigenvalue weighted by molar-refractivity contribution is 6.00. The smallest absolute Gasteiger partial charge is 0.408 e. The summed E-state index contributed by atoms with van der Waals surface area (Å²) in [5.74, 6) is -0.618. The van der Waals surface area contributed by atoms with Crippen LogP contribution in [0.3, 0.4) is 0 Å². The van der Waals surface area contributed by atoms with Gasteiger partial charge < -0.3 is 25.4 Å². The van der Waals surface area contributed by atoms with Gasteiger partial charge in [0.2, 0.25) is 5.91 Å². The molecule has 1 saturated carbocycles. The van der Waals surface area contributed by atoms with Gasteiger partial charge in [-0.2, -0.15) is 0 Å². The monoisotopic (exact) mass is 607 g/mol. The van der Waals surface area contributed by atoms with Crippen LogP contribution in [0.15, 0.2) is 91.0 Å². The van der Waals surface area contributed by atoms with Gasteiger partial charge in [0.1, 0.15) is 23.4 Å². The summed E-state index contributed by atoms with van der Waals surface area (Å²) in [4.78, 5) is 43.5. The topological polar surface area (TPSA) is 108 Å². The van der Waals surface area contributed by atoms with Crippen LogP contribution in [-0.2, 0) is 27.2 Å². The predicted octanol–water partition coefficient (Wildman–Crippen LogP) is 6.91. The number of nitrogens with zero attached hydrogens (tertiary/aromatic N) is 1. The molecule has 0 bridgehead atoms. The van der Waals surface area contributed by atoms with Crippen LogP contribution in [-0.4, -0.2) is 45.6 Å². The van der Waals surface area contributed by atoms with E-state index in [4.69, 9.17) is 4.74 Å². The fourth-order valence-electron chi connectivity index (χ4n) is 5.42. The number of benzene rings is 4. The van der Waals surface area contributed by atoms with Gasteiger partial charge >= 0.3 is 6.09 Å². The van der Waals surface area contributed by atoms with E-state index in [0.717, 1.165) is 41.2 Å². The molecule has 3 amide bonds. The highest BCUT2D eigenvalue weighted by atomic mass is 16.6. The van der Waals surface area contributed by atoms with E-state index >= 15 is 0 Å². The zero-order valence-electron chi connectivity index (χ0n) is 26.2. The number of aromatic hydroxyl groups is 1. The summed E-state index contributed by atoms with van der Waals surface area (Å²) in [7, 11) is 0. The first-order chi connectivity index (χ1) is 21.5. The molecule has 0 heterocycles. The Kier molecular flexibility index (Phi) is 9.42. The summed E-state index contributed by atoms with van der Waals surface area (Å²) in [5, 5.41) is 17.7. The number of anilines is 1. The maximum atomic E-state index is 14.6. The van der Waals surface area contributed by atoms with Crippen molar-refractivity contribution in [2.45, 2.75) is 77.1 Å². The first-order valence-corrected chi connectivity index (χ1v) is 15.5. The van der Waals surface area contributed by atoms with Gasteiger partial charge in [-0.05, 0) is 91.8 Å². The van der Waals surface area contributed by atoms with Gasteiger partial charge in [0.25, 0.3) is 5.91 Å². The Bertz CT molecular complexity index is 1660. The maximum absolute atomic E-state index is 14.6. The molecule has 1 fully saturated rings. The highest BCUT2D eigenvalue weighted by Crippen LogP contribution is 2.37. The largest absolute Gasteiger partial charge is 0.508 e. The lowest BCUT2D eigenvalue weighted by atomic mass is 9.98. The van der Waals surface area contributed by atoms with E-state index in [-0.39, 0.29) is 30.0 Å². The summed E-state index contributed by atoms with van der Waals surface area (Å²) >= 11 is 0. The highest BCUT2D eigenvalue weighted by Gasteiger charge is 2.44. The van der Waals surface area contributed by atoms with E-state index in [0.29, 0.717) is 11.3 Å². The summed E-state index contributed by atoms with van der Waals surface area (Å²) in [5.41, 5.74) is 2.40. The molecular weight excluding hydrogens is 566 g/mol. The molecule has 2 unspecified atom stereocenters. The van der Waals surface area contributed by atoms with Gasteiger partial charge in [0, 0.05) is 18.2 Å². The second-order valence-corrected chi connectivity index (χ2v) is 12.6. The number of phenols is 1. The molecule has 3 N–H and O–H groups in total. The number of carbonyl (C=O) groups is 3. The number of carbonyl (C=O) groups excluding carboxylic acids is 3. The predicted molar refractivity (Wildman–Crippen MR) is 176 cm³/mol. The van der Waals surface area contributed by atoms with Crippen LogP contribution < -0.4 is 10.6 Å². The van der Waals surface area contributed by atoms with Crippen LogP contribution >= 0.6 is 0 Å². The fourth-order valence-corrected chi connectivity index (χ4v) is 5.42. The molecule has 0 aliphatic heterocycles. The third kappa shape index (κ3) is 8.20. The number of hydrogen-bond acceptors (Lipinski definition) is 5. The zero-order valence-corrected chi connectivity index (χ0v) is 26.2. The number of aryl methyl sites for hydroxylation is 1. The Balaban J connectivity index is 1.51. The molecule has 2 atom stereocenters. The number of nitrogens with one attached hydrogen (secondary N) is 2. The van der Waals surface area contributed by atoms with Crippen LogP contribution in [0.5, 0.6) is 5.75 Å². The number of rotatable bonds is 10. The van der Waals surface area contributed by atoms with Crippen LogP contribution in [0.1, 0.15) is 63.3 Å². The molecule has 5 rings (SSSR count). The molecule has 1 aliphatic carbocycles. The van der Waals surface area contributed by atoms with E-state index < -0.39 is 23.8 Å². The lowest BCUT2D eigenvalue weighted by molar-refractivity contribution is -0.141. The summed E-state index contributed by atoms with van der Waals surface area (Å²) in [6, 6.07) is 25.8. The average Bonchev–Trinajstić information content (AvgIpc) is 3.84. The number of ether oxygens (including phenoxy) is 1. The Morgan fingerprint density at radius 3 is 2.16 bits per heavy atom. The quantitative estimate of drug-likeness (QED) is 0.182. The van der Waals surface area contributed by atoms with Crippen molar-refractivity contribution in [1.82, 2.24) is 10.2 Å². The van der Waals surface area contributed by atoms with Crippen molar-refractivity contribution < 1.29 is 24.2 Å². The molecule has 8 heteroatoms. The molecule has 0 saturated heterocycles. The summed E-state index contributed by atoms with van der Waals surface area (Å²) < 4.78 is 5.52. The molecule has 4 aromatic rings. The van der Waals surface area contributed by atoms with Crippen molar-refractivity contribution in [3.8, 4) is 5.75 Å². The Hall–Kier alpha value is -4.85. The first-order valence-electron chi connectivity index (χ1n) is 15.5. The standard InChI is InChI=1S/C37H41N3O5/c1-5-24-10-14-27(15-11-24)33(34(42)38-29-17-16-26-8-6-7-9-28(26)23-29)40(30-18-19-30)35(43)32(39-36(44)45-37(2,3)4)22-25-12-20-31(41)21-13-25/h6-17,20-21,23,30,32-33,41H,5,18-19,22H2,1-4H3,(H,38,42)(H,39,44). The van der Waals surface area contributed by atoms with Gasteiger partial charge in [-0.15, -0.1) is 0 Å². The molecule has 0 radical (unpaired) electrons. The second-order valence-electron chi connectivity index (χ2n) is 12.6. The van der Waals surface area contributed by atoms with Gasteiger partial charge in [-0.25, -0.2) is 4.79 Å². The summed E-state index contributed by atoms with van der Waals surface area (Å²) in [6.45, 7) is 7.34. The van der Waals surface area contributed by atoms with E-state index in [1.54, 1.807) is 37.8 Å². The van der Waals surface area contributed by atoms with E-state index in [1.807, 2.05) is 66.7 Å². The van der Waals surface area contributed by atoms with E-state index in [1.165, 1.54) is 12.1 Å². The van der Waals surface area contributed by atoms with Crippen molar-refractivity contribution in [3.05, 3.63) is 108 Å². The Morgan fingerprint density at radius 2 is 1.53 bits per heavy atom. The minimum absolute atomic E-state index is 0.0993. The van der Waals surface area contributed by atoms with E-state index in [2.05, 4.69) is 17.6 Å². The molecule has 1 aliphatic rings. The van der Waals surface area contributed by atoms with Gasteiger partial charge in [-0.1, -0.05) is 73.7 Å². The minimum atomic E-state index is -1.02. The third-order valence-corrected chi connectivity index (χ3v) is 7.81. The average molecular weight is 608 g/mol. The summed E-state index contributed by atoms with van der Waals surface area (Å²) in [6.07, 6.45) is 1.76. The van der Waals surface area contributed by atoms with E-state index in [9.17, 15) is 19.5 Å². The number of phenolic OH excluding ortho intramolecular Hbond substituents is 1. The molecule has 0 spiro atoms. The normalized spacial score (nSPS) is 14.3. The lowest BCUT2D eigenvalue weighted by Crippen LogP contribution is -2.54. The zero-order chi connectivity index (χ0) is 32.1. The van der Waals surface area contributed by atoms with Crippen LogP contribution in [0.4, 0.5) is 10.5 Å². The SMILES string of the molecule is CCc1ccc(C(C(=O)Nc2ccc3ccccc3c2)N(C(=O)C(Cc2ccc(O)cc2)NC(=O)OC(C)(C)C)C2CC2)cc1. The van der Waals surface area contributed by atoms with Crippen molar-refractivity contribution in [3.63, 3.8) is 0 Å².